The van der Waals surface area contributed by atoms with Gasteiger partial charge in [-0.1, -0.05) is 17.9 Å². The molecule has 0 aliphatic rings. The summed E-state index contributed by atoms with van der Waals surface area (Å²) in [6, 6.07) is -0.757. The average molecular weight is 180 g/mol. The number of rotatable bonds is 3. The van der Waals surface area contributed by atoms with Crippen molar-refractivity contribution >= 4 is 8.07 Å². The third kappa shape index (κ3) is 4.03. The van der Waals surface area contributed by atoms with Crippen molar-refractivity contribution in [2.45, 2.75) is 18.8 Å². The fraction of sp³-hybridized carbons (Fsp3) is 0.429. The van der Waals surface area contributed by atoms with Gasteiger partial charge in [-0.05, 0) is 0 Å². The number of alkyl halides is 3. The predicted molar refractivity (Wildman–Crippen MR) is 42.9 cm³/mol. The Morgan fingerprint density at radius 2 is 1.64 bits per heavy atom. The largest absolute Gasteiger partial charge is 0.387 e. The van der Waals surface area contributed by atoms with E-state index in [2.05, 4.69) is 13.2 Å². The fourth-order valence-corrected chi connectivity index (χ4v) is 1.98. The fourth-order valence-electron chi connectivity index (χ4n) is 0.660. The van der Waals surface area contributed by atoms with Crippen molar-refractivity contribution in [2.75, 3.05) is 0 Å². The first-order valence-corrected chi connectivity index (χ1v) is 6.03. The maximum absolute atomic E-state index is 11.9. The molecule has 0 atom stereocenters. The van der Waals surface area contributed by atoms with Gasteiger partial charge in [0.1, 0.15) is 8.07 Å². The second-order valence-corrected chi connectivity index (χ2v) is 6.89. The summed E-state index contributed by atoms with van der Waals surface area (Å²) in [6.07, 6.45) is -4.09. The summed E-state index contributed by atoms with van der Waals surface area (Å²) >= 11 is 0. The molecule has 0 aliphatic carbocycles. The van der Waals surface area contributed by atoms with Crippen LogP contribution in [0.3, 0.4) is 0 Å². The molecule has 0 aromatic carbocycles. The Bertz CT molecular complexity index is 152. The van der Waals surface area contributed by atoms with Crippen LogP contribution in [0.4, 0.5) is 13.2 Å². The van der Waals surface area contributed by atoms with Crippen LogP contribution in [0.1, 0.15) is 0 Å². The molecule has 64 valence electrons. The summed E-state index contributed by atoms with van der Waals surface area (Å²) in [5.41, 5.74) is 2.79. The van der Waals surface area contributed by atoms with Crippen LogP contribution >= 0.6 is 0 Å². The molecule has 0 spiro atoms. The predicted octanol–water partition coefficient (Wildman–Crippen LogP) is 3.08. The molecule has 0 bridgehead atoms. The smallest absolute Gasteiger partial charge is 0.171 e. The van der Waals surface area contributed by atoms with Gasteiger partial charge in [0.25, 0.3) is 0 Å². The zero-order valence-corrected chi connectivity index (χ0v) is 7.41. The lowest BCUT2D eigenvalue weighted by atomic mass is 10.8. The Balaban J connectivity index is 4.31. The van der Waals surface area contributed by atoms with Gasteiger partial charge in [0.2, 0.25) is 0 Å². The standard InChI is InChI=1S/C7H11F3Si/c1-4-11(3,5-2)6-7(8,9)10/h4-5H,1-2,6H2,3H3. The lowest BCUT2D eigenvalue weighted by Gasteiger charge is -2.19. The zero-order valence-electron chi connectivity index (χ0n) is 6.41. The minimum absolute atomic E-state index is 0.757. The van der Waals surface area contributed by atoms with Crippen LogP contribution in [0.2, 0.25) is 12.6 Å². The van der Waals surface area contributed by atoms with E-state index in [4.69, 9.17) is 0 Å². The quantitative estimate of drug-likeness (QED) is 0.585. The first-order valence-electron chi connectivity index (χ1n) is 3.17. The molecule has 0 aromatic heterocycles. The molecule has 0 aliphatic heterocycles. The molecule has 0 unspecified atom stereocenters. The molecule has 0 saturated heterocycles. The van der Waals surface area contributed by atoms with Gasteiger partial charge in [-0.15, -0.1) is 13.2 Å². The van der Waals surface area contributed by atoms with Crippen LogP contribution in [0, 0.1) is 0 Å². The minimum Gasteiger partial charge on any atom is -0.171 e. The SMILES string of the molecule is C=C[Si](C)(C=C)CC(F)(F)F. The van der Waals surface area contributed by atoms with Gasteiger partial charge in [-0.2, -0.15) is 13.2 Å². The third-order valence-corrected chi connectivity index (χ3v) is 4.54. The summed E-state index contributed by atoms with van der Waals surface area (Å²) in [7, 11) is -2.43. The summed E-state index contributed by atoms with van der Waals surface area (Å²) in [5, 5.41) is 0. The van der Waals surface area contributed by atoms with E-state index in [1.807, 2.05) is 0 Å². The highest BCUT2D eigenvalue weighted by Crippen LogP contribution is 2.28. The van der Waals surface area contributed by atoms with Crippen molar-refractivity contribution in [1.82, 2.24) is 0 Å². The topological polar surface area (TPSA) is 0 Å². The number of halogens is 3. The van der Waals surface area contributed by atoms with Crippen LogP contribution < -0.4 is 0 Å². The van der Waals surface area contributed by atoms with Gasteiger partial charge in [-0.25, -0.2) is 0 Å². The second-order valence-electron chi connectivity index (χ2n) is 2.71. The van der Waals surface area contributed by atoms with Gasteiger partial charge in [0.05, 0.1) is 0 Å². The normalized spacial score (nSPS) is 12.7. The first kappa shape index (κ1) is 10.5. The van der Waals surface area contributed by atoms with Gasteiger partial charge < -0.3 is 0 Å². The van der Waals surface area contributed by atoms with Crippen molar-refractivity contribution in [3.05, 3.63) is 24.6 Å². The Kier molecular flexibility index (Phi) is 3.10. The molecule has 4 heteroatoms. The van der Waals surface area contributed by atoms with Gasteiger partial charge >= 0.3 is 6.18 Å². The lowest BCUT2D eigenvalue weighted by molar-refractivity contribution is -0.110. The van der Waals surface area contributed by atoms with E-state index < -0.39 is 20.3 Å². The molecule has 0 saturated carbocycles. The van der Waals surface area contributed by atoms with Crippen LogP contribution in [-0.4, -0.2) is 14.3 Å². The Hall–Kier alpha value is -0.513. The molecule has 0 rings (SSSR count). The molecule has 0 amide bonds. The summed E-state index contributed by atoms with van der Waals surface area (Å²) in [5.74, 6) is 0. The van der Waals surface area contributed by atoms with Crippen LogP contribution in [0.15, 0.2) is 24.6 Å². The minimum atomic E-state index is -4.09. The molecule has 0 heterocycles. The maximum atomic E-state index is 11.9. The summed E-state index contributed by atoms with van der Waals surface area (Å²) < 4.78 is 35.6. The molecular formula is C7H11F3Si. The Morgan fingerprint density at radius 3 is 1.73 bits per heavy atom. The van der Waals surface area contributed by atoms with Crippen LogP contribution in [0.5, 0.6) is 0 Å². The third-order valence-electron chi connectivity index (χ3n) is 1.51. The van der Waals surface area contributed by atoms with Crippen molar-refractivity contribution < 1.29 is 13.2 Å². The molecule has 0 aromatic rings. The maximum Gasteiger partial charge on any atom is 0.387 e. The van der Waals surface area contributed by atoms with Gasteiger partial charge in [-0.3, -0.25) is 0 Å². The van der Waals surface area contributed by atoms with E-state index in [-0.39, 0.29) is 0 Å². The monoisotopic (exact) mass is 180 g/mol. The number of hydrogen-bond donors (Lipinski definition) is 0. The molecule has 11 heavy (non-hydrogen) atoms. The van der Waals surface area contributed by atoms with E-state index in [1.165, 1.54) is 11.4 Å². The molecule has 0 N–H and O–H groups in total. The summed E-state index contributed by atoms with van der Waals surface area (Å²) in [4.78, 5) is 0. The molecular weight excluding hydrogens is 169 g/mol. The molecule has 0 nitrogen and oxygen atoms in total. The molecule has 0 fully saturated rings. The van der Waals surface area contributed by atoms with E-state index in [0.29, 0.717) is 0 Å². The number of hydrogen-bond acceptors (Lipinski definition) is 0. The van der Waals surface area contributed by atoms with Crippen molar-refractivity contribution in [3.8, 4) is 0 Å². The van der Waals surface area contributed by atoms with Crippen LogP contribution in [-0.2, 0) is 0 Å². The summed E-state index contributed by atoms with van der Waals surface area (Å²) in [6.45, 7) is 8.34. The molecule has 0 radical (unpaired) electrons. The Labute approximate surface area is 65.4 Å². The van der Waals surface area contributed by atoms with E-state index in [0.717, 1.165) is 0 Å². The zero-order chi connectivity index (χ0) is 9.12. The van der Waals surface area contributed by atoms with Crippen molar-refractivity contribution in [1.29, 1.82) is 0 Å². The first-order chi connectivity index (χ1) is 4.83. The van der Waals surface area contributed by atoms with Gasteiger partial charge in [0.15, 0.2) is 0 Å². The highest BCUT2D eigenvalue weighted by Gasteiger charge is 2.37. The van der Waals surface area contributed by atoms with Crippen molar-refractivity contribution in [3.63, 3.8) is 0 Å². The van der Waals surface area contributed by atoms with Crippen LogP contribution in [0.25, 0.3) is 0 Å². The van der Waals surface area contributed by atoms with E-state index in [1.54, 1.807) is 6.55 Å². The lowest BCUT2D eigenvalue weighted by Crippen LogP contribution is -2.31. The van der Waals surface area contributed by atoms with E-state index >= 15 is 0 Å². The second kappa shape index (κ2) is 3.26. The van der Waals surface area contributed by atoms with E-state index in [9.17, 15) is 13.2 Å². The highest BCUT2D eigenvalue weighted by atomic mass is 28.3. The highest BCUT2D eigenvalue weighted by molar-refractivity contribution is 6.87. The van der Waals surface area contributed by atoms with Crippen molar-refractivity contribution in [2.24, 2.45) is 0 Å². The average Bonchev–Trinajstić information content (AvgIpc) is 1.84. The van der Waals surface area contributed by atoms with Gasteiger partial charge in [0, 0.05) is 6.04 Å². The Morgan fingerprint density at radius 1 is 1.27 bits per heavy atom.